The molecule has 0 fully saturated rings. The lowest BCUT2D eigenvalue weighted by molar-refractivity contribution is 0.129. The molecule has 114 valence electrons. The van der Waals surface area contributed by atoms with Gasteiger partial charge in [-0.05, 0) is 18.8 Å². The van der Waals surface area contributed by atoms with E-state index in [1.165, 1.54) is 17.2 Å². The first-order valence-electron chi connectivity index (χ1n) is 8.08. The van der Waals surface area contributed by atoms with Gasteiger partial charge in [-0.2, -0.15) is 0 Å². The third-order valence-electron chi connectivity index (χ3n) is 3.68. The smallest absolute Gasteiger partial charge is 0.109 e. The van der Waals surface area contributed by atoms with Crippen LogP contribution in [0, 0.1) is 5.92 Å². The lowest BCUT2D eigenvalue weighted by atomic mass is 10.1. The number of imidazole rings is 1. The summed E-state index contributed by atoms with van der Waals surface area (Å²) < 4.78 is 8.06. The summed E-state index contributed by atoms with van der Waals surface area (Å²) in [5.41, 5.74) is 2.72. The first kappa shape index (κ1) is 15.5. The number of nitrogens with one attached hydrogen (secondary N) is 1. The fourth-order valence-corrected chi connectivity index (χ4v) is 2.78. The quantitative estimate of drug-likeness (QED) is 0.743. The Balaban J connectivity index is 2.01. The molecule has 4 heteroatoms. The van der Waals surface area contributed by atoms with Crippen LogP contribution in [0.5, 0.6) is 0 Å². The van der Waals surface area contributed by atoms with E-state index in [2.05, 4.69) is 30.7 Å². The molecule has 1 aromatic rings. The van der Waals surface area contributed by atoms with Crippen molar-refractivity contribution in [2.24, 2.45) is 5.92 Å². The van der Waals surface area contributed by atoms with E-state index in [-0.39, 0.29) is 0 Å². The zero-order chi connectivity index (χ0) is 14.4. The summed E-state index contributed by atoms with van der Waals surface area (Å²) in [6.07, 6.45) is 4.37. The average Bonchev–Trinajstić information content (AvgIpc) is 2.75. The molecular weight excluding hydrogens is 250 g/mol. The van der Waals surface area contributed by atoms with Crippen LogP contribution in [-0.4, -0.2) is 29.3 Å². The molecule has 0 atom stereocenters. The van der Waals surface area contributed by atoms with Gasteiger partial charge in [0, 0.05) is 51.4 Å². The van der Waals surface area contributed by atoms with Crippen molar-refractivity contribution in [2.45, 2.75) is 59.5 Å². The molecule has 4 nitrogen and oxygen atoms in total. The molecule has 0 aromatic carbocycles. The summed E-state index contributed by atoms with van der Waals surface area (Å²) in [7, 11) is 0. The summed E-state index contributed by atoms with van der Waals surface area (Å²) in [6.45, 7) is 11.5. The third-order valence-corrected chi connectivity index (χ3v) is 3.68. The minimum atomic E-state index is 0.655. The fourth-order valence-electron chi connectivity index (χ4n) is 2.78. The number of nitrogens with zero attached hydrogens (tertiary/aromatic N) is 2. The van der Waals surface area contributed by atoms with Crippen LogP contribution in [0.3, 0.4) is 0 Å². The molecule has 0 radical (unpaired) electrons. The minimum absolute atomic E-state index is 0.655. The molecular formula is C16H29N3O. The first-order valence-corrected chi connectivity index (χ1v) is 8.08. The zero-order valence-electron chi connectivity index (χ0n) is 13.2. The van der Waals surface area contributed by atoms with Crippen molar-refractivity contribution in [3.05, 3.63) is 17.2 Å². The van der Waals surface area contributed by atoms with E-state index in [0.29, 0.717) is 5.92 Å². The molecule has 1 N–H and O–H groups in total. The van der Waals surface area contributed by atoms with Crippen LogP contribution in [0.4, 0.5) is 0 Å². The Morgan fingerprint density at radius 3 is 2.95 bits per heavy atom. The van der Waals surface area contributed by atoms with E-state index >= 15 is 0 Å². The Labute approximate surface area is 122 Å². The molecule has 2 rings (SSSR count). The molecule has 1 aromatic heterocycles. The van der Waals surface area contributed by atoms with Crippen molar-refractivity contribution in [1.29, 1.82) is 0 Å². The van der Waals surface area contributed by atoms with Crippen LogP contribution in [-0.2, 0) is 30.7 Å². The number of hydrogen-bond acceptors (Lipinski definition) is 3. The summed E-state index contributed by atoms with van der Waals surface area (Å²) in [5, 5.41) is 3.42. The van der Waals surface area contributed by atoms with Gasteiger partial charge in [0.05, 0.1) is 5.69 Å². The predicted molar refractivity (Wildman–Crippen MR) is 81.9 cm³/mol. The van der Waals surface area contributed by atoms with Crippen LogP contribution < -0.4 is 5.32 Å². The Morgan fingerprint density at radius 2 is 2.20 bits per heavy atom. The molecule has 0 saturated carbocycles. The van der Waals surface area contributed by atoms with Gasteiger partial charge in [0.15, 0.2) is 0 Å². The van der Waals surface area contributed by atoms with Gasteiger partial charge in [-0.3, -0.25) is 0 Å². The van der Waals surface area contributed by atoms with Gasteiger partial charge >= 0.3 is 0 Å². The Morgan fingerprint density at radius 1 is 1.35 bits per heavy atom. The van der Waals surface area contributed by atoms with Crippen molar-refractivity contribution in [3.63, 3.8) is 0 Å². The third kappa shape index (κ3) is 4.06. The average molecular weight is 279 g/mol. The topological polar surface area (TPSA) is 39.1 Å². The second-order valence-corrected chi connectivity index (χ2v) is 6.06. The van der Waals surface area contributed by atoms with Crippen molar-refractivity contribution < 1.29 is 4.74 Å². The van der Waals surface area contributed by atoms with Crippen LogP contribution in [0.2, 0.25) is 0 Å². The SMILES string of the molecule is CCCOCCCn1c(CC(C)C)nc2c1CCNC2. The van der Waals surface area contributed by atoms with E-state index in [1.54, 1.807) is 0 Å². The number of hydrogen-bond donors (Lipinski definition) is 1. The van der Waals surface area contributed by atoms with Crippen LogP contribution >= 0.6 is 0 Å². The van der Waals surface area contributed by atoms with Crippen LogP contribution in [0.25, 0.3) is 0 Å². The minimum Gasteiger partial charge on any atom is -0.381 e. The first-order chi connectivity index (χ1) is 9.72. The maximum Gasteiger partial charge on any atom is 0.109 e. The summed E-state index contributed by atoms with van der Waals surface area (Å²) >= 11 is 0. The summed E-state index contributed by atoms with van der Waals surface area (Å²) in [4.78, 5) is 4.87. The molecule has 2 heterocycles. The van der Waals surface area contributed by atoms with E-state index in [9.17, 15) is 0 Å². The maximum atomic E-state index is 5.60. The van der Waals surface area contributed by atoms with E-state index in [4.69, 9.17) is 9.72 Å². The maximum absolute atomic E-state index is 5.60. The second-order valence-electron chi connectivity index (χ2n) is 6.06. The molecule has 1 aliphatic rings. The number of aromatic nitrogens is 2. The molecule has 20 heavy (non-hydrogen) atoms. The number of ether oxygens (including phenoxy) is 1. The standard InChI is InChI=1S/C16H29N3O/c1-4-9-20-10-5-8-19-15-6-7-17-12-14(15)18-16(19)11-13(2)3/h13,17H,4-12H2,1-3H3. The predicted octanol–water partition coefficient (Wildman–Crippen LogP) is 2.54. The highest BCUT2D eigenvalue weighted by atomic mass is 16.5. The molecule has 1 aliphatic heterocycles. The van der Waals surface area contributed by atoms with Gasteiger partial charge < -0.3 is 14.6 Å². The van der Waals surface area contributed by atoms with Crippen molar-refractivity contribution >= 4 is 0 Å². The molecule has 0 bridgehead atoms. The largest absolute Gasteiger partial charge is 0.381 e. The van der Waals surface area contributed by atoms with Gasteiger partial charge in [0.2, 0.25) is 0 Å². The highest BCUT2D eigenvalue weighted by Gasteiger charge is 2.19. The summed E-state index contributed by atoms with van der Waals surface area (Å²) in [5.74, 6) is 1.92. The Bertz CT molecular complexity index is 412. The molecule has 0 saturated heterocycles. The van der Waals surface area contributed by atoms with Crippen molar-refractivity contribution in [3.8, 4) is 0 Å². The molecule has 0 amide bonds. The van der Waals surface area contributed by atoms with Gasteiger partial charge in [-0.25, -0.2) is 4.98 Å². The van der Waals surface area contributed by atoms with Gasteiger partial charge in [0.1, 0.15) is 5.82 Å². The van der Waals surface area contributed by atoms with E-state index < -0.39 is 0 Å². The van der Waals surface area contributed by atoms with Crippen LogP contribution in [0.1, 0.15) is 50.8 Å². The lowest BCUT2D eigenvalue weighted by Crippen LogP contribution is -2.25. The zero-order valence-corrected chi connectivity index (χ0v) is 13.2. The molecule has 0 spiro atoms. The number of rotatable bonds is 8. The monoisotopic (exact) mass is 279 g/mol. The van der Waals surface area contributed by atoms with Gasteiger partial charge in [-0.1, -0.05) is 20.8 Å². The lowest BCUT2D eigenvalue weighted by Gasteiger charge is -2.16. The Kier molecular flexibility index (Phi) is 6.05. The summed E-state index contributed by atoms with van der Waals surface area (Å²) in [6, 6.07) is 0. The normalized spacial score (nSPS) is 14.8. The van der Waals surface area contributed by atoms with Crippen molar-refractivity contribution in [2.75, 3.05) is 19.8 Å². The fraction of sp³-hybridized carbons (Fsp3) is 0.812. The van der Waals surface area contributed by atoms with Gasteiger partial charge in [0.25, 0.3) is 0 Å². The highest BCUT2D eigenvalue weighted by molar-refractivity contribution is 5.20. The van der Waals surface area contributed by atoms with Gasteiger partial charge in [-0.15, -0.1) is 0 Å². The van der Waals surface area contributed by atoms with Crippen molar-refractivity contribution in [1.82, 2.24) is 14.9 Å². The van der Waals surface area contributed by atoms with Crippen LogP contribution in [0.15, 0.2) is 0 Å². The van der Waals surface area contributed by atoms with E-state index in [0.717, 1.165) is 58.5 Å². The molecule has 0 unspecified atom stereocenters. The Hall–Kier alpha value is -0.870. The van der Waals surface area contributed by atoms with E-state index in [1.807, 2.05) is 0 Å². The second kappa shape index (κ2) is 7.79. The molecule has 0 aliphatic carbocycles. The highest BCUT2D eigenvalue weighted by Crippen LogP contribution is 2.19. The number of fused-ring (bicyclic) bond motifs is 1.